The Bertz CT molecular complexity index is 225. The zero-order valence-electron chi connectivity index (χ0n) is 6.89. The quantitative estimate of drug-likeness (QED) is 0.621. The third kappa shape index (κ3) is 2.51. The molecule has 1 aromatic rings. The van der Waals surface area contributed by atoms with Gasteiger partial charge in [0.25, 0.3) is 0 Å². The summed E-state index contributed by atoms with van der Waals surface area (Å²) in [5.41, 5.74) is 2.28. The molecule has 0 fully saturated rings. The second-order valence-corrected chi connectivity index (χ2v) is 3.08. The molecule has 0 radical (unpaired) electrons. The molecule has 1 rings (SSSR count). The van der Waals surface area contributed by atoms with E-state index in [4.69, 9.17) is 11.6 Å². The third-order valence-corrected chi connectivity index (χ3v) is 1.71. The number of rotatable bonds is 2. The second-order valence-electron chi connectivity index (χ2n) is 2.69. The van der Waals surface area contributed by atoms with Crippen molar-refractivity contribution in [2.45, 2.75) is 26.7 Å². The van der Waals surface area contributed by atoms with Gasteiger partial charge in [0.2, 0.25) is 0 Å². The van der Waals surface area contributed by atoms with Gasteiger partial charge in [0, 0.05) is 5.69 Å². The summed E-state index contributed by atoms with van der Waals surface area (Å²) in [4.78, 5) is 4.08. The summed E-state index contributed by atoms with van der Waals surface area (Å²) in [6.45, 7) is 4.12. The van der Waals surface area contributed by atoms with Gasteiger partial charge in [-0.3, -0.25) is 0 Å². The Morgan fingerprint density at radius 3 is 2.73 bits per heavy atom. The lowest BCUT2D eigenvalue weighted by Crippen LogP contribution is -1.88. The lowest BCUT2D eigenvalue weighted by Gasteiger charge is -2.00. The molecule has 0 bridgehead atoms. The minimum atomic E-state index is 0.605. The van der Waals surface area contributed by atoms with E-state index in [-0.39, 0.29) is 0 Å². The van der Waals surface area contributed by atoms with Crippen LogP contribution < -0.4 is 0 Å². The van der Waals surface area contributed by atoms with Crippen molar-refractivity contribution in [1.82, 2.24) is 4.98 Å². The highest BCUT2D eigenvalue weighted by Gasteiger charge is 1.95. The maximum absolute atomic E-state index is 5.77. The molecule has 0 aliphatic rings. The number of nitrogens with zero attached hydrogens (tertiary/aromatic N) is 1. The number of aryl methyl sites for hydroxylation is 2. The van der Waals surface area contributed by atoms with Gasteiger partial charge in [0.05, 0.1) is 0 Å². The predicted octanol–water partition coefficient (Wildman–Crippen LogP) is 3.00. The lowest BCUT2D eigenvalue weighted by atomic mass is 10.1. The van der Waals surface area contributed by atoms with Gasteiger partial charge in [-0.15, -0.1) is 0 Å². The first kappa shape index (κ1) is 8.54. The highest BCUT2D eigenvalue weighted by molar-refractivity contribution is 6.29. The van der Waals surface area contributed by atoms with Crippen LogP contribution in [0.2, 0.25) is 5.15 Å². The monoisotopic (exact) mass is 169 g/mol. The van der Waals surface area contributed by atoms with Crippen LogP contribution >= 0.6 is 11.6 Å². The fourth-order valence-corrected chi connectivity index (χ4v) is 1.40. The third-order valence-electron chi connectivity index (χ3n) is 1.52. The van der Waals surface area contributed by atoms with Crippen molar-refractivity contribution in [2.24, 2.45) is 0 Å². The van der Waals surface area contributed by atoms with Gasteiger partial charge in [-0.25, -0.2) is 4.98 Å². The summed E-state index contributed by atoms with van der Waals surface area (Å²) in [6, 6.07) is 4.01. The Labute approximate surface area is 72.4 Å². The minimum Gasteiger partial charge on any atom is -0.241 e. The van der Waals surface area contributed by atoms with Crippen LogP contribution in [0.1, 0.15) is 24.6 Å². The highest BCUT2D eigenvalue weighted by atomic mass is 35.5. The Morgan fingerprint density at radius 1 is 1.45 bits per heavy atom. The molecule has 2 heteroatoms. The Hall–Kier alpha value is -0.560. The van der Waals surface area contributed by atoms with Crippen LogP contribution in [0.15, 0.2) is 12.1 Å². The van der Waals surface area contributed by atoms with Crippen LogP contribution in [0, 0.1) is 6.92 Å². The first-order valence-corrected chi connectivity index (χ1v) is 4.23. The minimum absolute atomic E-state index is 0.605. The molecule has 0 saturated heterocycles. The Kier molecular flexibility index (Phi) is 2.89. The lowest BCUT2D eigenvalue weighted by molar-refractivity contribution is 0.914. The zero-order valence-corrected chi connectivity index (χ0v) is 7.65. The molecular weight excluding hydrogens is 158 g/mol. The molecule has 0 amide bonds. The summed E-state index contributed by atoms with van der Waals surface area (Å²) in [6.07, 6.45) is 2.24. The van der Waals surface area contributed by atoms with Crippen molar-refractivity contribution < 1.29 is 0 Å². The molecule has 1 aromatic heterocycles. The van der Waals surface area contributed by atoms with Crippen LogP contribution in [-0.4, -0.2) is 4.98 Å². The second kappa shape index (κ2) is 3.72. The van der Waals surface area contributed by atoms with Gasteiger partial charge in [0.1, 0.15) is 5.15 Å². The average Bonchev–Trinajstić information content (AvgIpc) is 1.85. The van der Waals surface area contributed by atoms with Crippen LogP contribution in [0.5, 0.6) is 0 Å². The van der Waals surface area contributed by atoms with Crippen molar-refractivity contribution in [3.8, 4) is 0 Å². The largest absolute Gasteiger partial charge is 0.241 e. The smallest absolute Gasteiger partial charge is 0.129 e. The number of halogens is 1. The van der Waals surface area contributed by atoms with E-state index in [2.05, 4.69) is 18.0 Å². The highest BCUT2D eigenvalue weighted by Crippen LogP contribution is 2.11. The van der Waals surface area contributed by atoms with E-state index in [1.807, 2.05) is 13.0 Å². The molecule has 0 aliphatic heterocycles. The fraction of sp³-hybridized carbons (Fsp3) is 0.444. The topological polar surface area (TPSA) is 12.9 Å². The van der Waals surface area contributed by atoms with Crippen LogP contribution in [-0.2, 0) is 6.42 Å². The Balaban J connectivity index is 2.89. The fourth-order valence-electron chi connectivity index (χ4n) is 1.13. The van der Waals surface area contributed by atoms with Gasteiger partial charge >= 0.3 is 0 Å². The van der Waals surface area contributed by atoms with E-state index in [1.54, 1.807) is 0 Å². The molecule has 0 saturated carbocycles. The van der Waals surface area contributed by atoms with E-state index in [0.717, 1.165) is 18.5 Å². The first-order chi connectivity index (χ1) is 5.22. The summed E-state index contributed by atoms with van der Waals surface area (Å²) in [7, 11) is 0. The summed E-state index contributed by atoms with van der Waals surface area (Å²) in [5, 5.41) is 0.605. The SMILES string of the molecule is CCCc1cc(C)nc(Cl)c1. The molecule has 0 N–H and O–H groups in total. The van der Waals surface area contributed by atoms with Gasteiger partial charge in [-0.2, -0.15) is 0 Å². The molecule has 0 spiro atoms. The molecule has 1 heterocycles. The molecule has 0 atom stereocenters. The van der Waals surface area contributed by atoms with E-state index in [9.17, 15) is 0 Å². The number of hydrogen-bond donors (Lipinski definition) is 0. The Morgan fingerprint density at radius 2 is 2.18 bits per heavy atom. The summed E-state index contributed by atoms with van der Waals surface area (Å²) < 4.78 is 0. The van der Waals surface area contributed by atoms with Gasteiger partial charge in [-0.1, -0.05) is 24.9 Å². The number of hydrogen-bond acceptors (Lipinski definition) is 1. The predicted molar refractivity (Wildman–Crippen MR) is 48.0 cm³/mol. The van der Waals surface area contributed by atoms with Gasteiger partial charge in [0.15, 0.2) is 0 Å². The molecule has 11 heavy (non-hydrogen) atoms. The van der Waals surface area contributed by atoms with Crippen LogP contribution in [0.25, 0.3) is 0 Å². The average molecular weight is 170 g/mol. The standard InChI is InChI=1S/C9H12ClN/c1-3-4-8-5-7(2)11-9(10)6-8/h5-6H,3-4H2,1-2H3. The molecular formula is C9H12ClN. The molecule has 0 aromatic carbocycles. The van der Waals surface area contributed by atoms with Crippen molar-refractivity contribution in [1.29, 1.82) is 0 Å². The van der Waals surface area contributed by atoms with Gasteiger partial charge < -0.3 is 0 Å². The van der Waals surface area contributed by atoms with Crippen LogP contribution in [0.3, 0.4) is 0 Å². The molecule has 60 valence electrons. The van der Waals surface area contributed by atoms with Crippen LogP contribution in [0.4, 0.5) is 0 Å². The first-order valence-electron chi connectivity index (χ1n) is 3.85. The maximum atomic E-state index is 5.77. The van der Waals surface area contributed by atoms with E-state index in [0.29, 0.717) is 5.15 Å². The number of pyridine rings is 1. The summed E-state index contributed by atoms with van der Waals surface area (Å²) >= 11 is 5.77. The molecule has 0 aliphatic carbocycles. The number of aromatic nitrogens is 1. The van der Waals surface area contributed by atoms with Crippen molar-refractivity contribution in [3.63, 3.8) is 0 Å². The van der Waals surface area contributed by atoms with Gasteiger partial charge in [-0.05, 0) is 31.0 Å². The van der Waals surface area contributed by atoms with Crippen molar-refractivity contribution >= 4 is 11.6 Å². The maximum Gasteiger partial charge on any atom is 0.129 e. The van der Waals surface area contributed by atoms with Crippen molar-refractivity contribution in [3.05, 3.63) is 28.5 Å². The molecule has 0 unspecified atom stereocenters. The van der Waals surface area contributed by atoms with Crippen molar-refractivity contribution in [2.75, 3.05) is 0 Å². The normalized spacial score (nSPS) is 10.1. The van der Waals surface area contributed by atoms with E-state index in [1.165, 1.54) is 5.56 Å². The summed E-state index contributed by atoms with van der Waals surface area (Å²) in [5.74, 6) is 0. The molecule has 1 nitrogen and oxygen atoms in total. The zero-order chi connectivity index (χ0) is 8.27. The van der Waals surface area contributed by atoms with E-state index >= 15 is 0 Å². The van der Waals surface area contributed by atoms with E-state index < -0.39 is 0 Å².